The minimum atomic E-state index is 0.167. The molecule has 102 valence electrons. The molecule has 2 atom stereocenters. The number of aryl methyl sites for hydroxylation is 1. The second-order valence-corrected chi connectivity index (χ2v) is 4.97. The molecule has 0 radical (unpaired) electrons. The maximum atomic E-state index is 8.92. The van der Waals surface area contributed by atoms with E-state index in [-0.39, 0.29) is 12.5 Å². The van der Waals surface area contributed by atoms with E-state index in [1.54, 1.807) is 0 Å². The van der Waals surface area contributed by atoms with Gasteiger partial charge in [-0.3, -0.25) is 0 Å². The predicted molar refractivity (Wildman–Crippen MR) is 75.0 cm³/mol. The SMILES string of the molecule is CNC(C)CCc1ccc(OCC(C)CO)cc1. The van der Waals surface area contributed by atoms with Gasteiger partial charge in [0, 0.05) is 18.6 Å². The van der Waals surface area contributed by atoms with Gasteiger partial charge in [-0.05, 0) is 44.5 Å². The topological polar surface area (TPSA) is 41.5 Å². The van der Waals surface area contributed by atoms with E-state index in [0.717, 1.165) is 18.6 Å². The van der Waals surface area contributed by atoms with Crippen LogP contribution in [0, 0.1) is 5.92 Å². The summed E-state index contributed by atoms with van der Waals surface area (Å²) in [5, 5.41) is 12.2. The van der Waals surface area contributed by atoms with E-state index in [1.165, 1.54) is 5.56 Å². The first-order chi connectivity index (χ1) is 8.65. The Bertz CT molecular complexity index is 291. The highest BCUT2D eigenvalue weighted by molar-refractivity contribution is 5.27. The van der Waals surface area contributed by atoms with Gasteiger partial charge in [0.1, 0.15) is 5.75 Å². The molecule has 0 aromatic heterocycles. The van der Waals surface area contributed by atoms with Crippen molar-refractivity contribution in [2.24, 2.45) is 5.92 Å². The first-order valence-electron chi connectivity index (χ1n) is 6.65. The van der Waals surface area contributed by atoms with Gasteiger partial charge in [-0.15, -0.1) is 0 Å². The first kappa shape index (κ1) is 15.0. The average Bonchev–Trinajstić information content (AvgIpc) is 2.43. The Labute approximate surface area is 110 Å². The standard InChI is InChI=1S/C15H25NO2/c1-12(10-17)11-18-15-8-6-14(7-9-15)5-4-13(2)16-3/h6-9,12-13,16-17H,4-5,10-11H2,1-3H3. The number of rotatable bonds is 8. The maximum absolute atomic E-state index is 8.92. The predicted octanol–water partition coefficient (Wildman–Crippen LogP) is 2.23. The van der Waals surface area contributed by atoms with Gasteiger partial charge >= 0.3 is 0 Å². The minimum Gasteiger partial charge on any atom is -0.493 e. The summed E-state index contributed by atoms with van der Waals surface area (Å²) in [5.41, 5.74) is 1.33. The van der Waals surface area contributed by atoms with Crippen LogP contribution in [0.25, 0.3) is 0 Å². The van der Waals surface area contributed by atoms with E-state index < -0.39 is 0 Å². The molecule has 0 amide bonds. The first-order valence-corrected chi connectivity index (χ1v) is 6.65. The fourth-order valence-corrected chi connectivity index (χ4v) is 1.57. The van der Waals surface area contributed by atoms with E-state index in [9.17, 15) is 0 Å². The second kappa shape index (κ2) is 8.11. The van der Waals surface area contributed by atoms with Crippen LogP contribution in [-0.4, -0.2) is 31.4 Å². The highest BCUT2D eigenvalue weighted by Crippen LogP contribution is 2.14. The van der Waals surface area contributed by atoms with Crippen LogP contribution in [-0.2, 0) is 6.42 Å². The lowest BCUT2D eigenvalue weighted by Gasteiger charge is -2.12. The molecule has 0 spiro atoms. The van der Waals surface area contributed by atoms with Crippen LogP contribution in [0.2, 0.25) is 0 Å². The van der Waals surface area contributed by atoms with Crippen molar-refractivity contribution < 1.29 is 9.84 Å². The molecule has 0 bridgehead atoms. The molecular formula is C15H25NO2. The Balaban J connectivity index is 2.37. The van der Waals surface area contributed by atoms with E-state index in [1.807, 2.05) is 26.1 Å². The van der Waals surface area contributed by atoms with Crippen LogP contribution in [0.3, 0.4) is 0 Å². The zero-order valence-electron chi connectivity index (χ0n) is 11.6. The zero-order chi connectivity index (χ0) is 13.4. The molecule has 3 heteroatoms. The molecule has 1 aromatic carbocycles. The van der Waals surface area contributed by atoms with Gasteiger partial charge in [-0.2, -0.15) is 0 Å². The molecule has 0 saturated carbocycles. The summed E-state index contributed by atoms with van der Waals surface area (Å²) in [6.07, 6.45) is 2.22. The van der Waals surface area contributed by atoms with Crippen LogP contribution in [0.15, 0.2) is 24.3 Å². The summed E-state index contributed by atoms with van der Waals surface area (Å²) in [5.74, 6) is 1.06. The van der Waals surface area contributed by atoms with E-state index >= 15 is 0 Å². The number of aliphatic hydroxyl groups is 1. The third kappa shape index (κ3) is 5.52. The van der Waals surface area contributed by atoms with Crippen molar-refractivity contribution >= 4 is 0 Å². The van der Waals surface area contributed by atoms with Gasteiger partial charge in [-0.1, -0.05) is 19.1 Å². The minimum absolute atomic E-state index is 0.167. The van der Waals surface area contributed by atoms with Gasteiger partial charge in [0.2, 0.25) is 0 Å². The fourth-order valence-electron chi connectivity index (χ4n) is 1.57. The van der Waals surface area contributed by atoms with Crippen molar-refractivity contribution in [3.05, 3.63) is 29.8 Å². The molecular weight excluding hydrogens is 226 g/mol. The molecule has 18 heavy (non-hydrogen) atoms. The molecule has 0 aliphatic heterocycles. The van der Waals surface area contributed by atoms with Crippen LogP contribution < -0.4 is 10.1 Å². The molecule has 0 fully saturated rings. The van der Waals surface area contributed by atoms with Crippen LogP contribution in [0.1, 0.15) is 25.8 Å². The summed E-state index contributed by atoms with van der Waals surface area (Å²) in [6, 6.07) is 8.78. The lowest BCUT2D eigenvalue weighted by molar-refractivity contribution is 0.174. The summed E-state index contributed by atoms with van der Waals surface area (Å²) in [4.78, 5) is 0. The van der Waals surface area contributed by atoms with Gasteiger partial charge in [-0.25, -0.2) is 0 Å². The van der Waals surface area contributed by atoms with E-state index in [4.69, 9.17) is 9.84 Å². The summed E-state index contributed by atoms with van der Waals surface area (Å²) in [7, 11) is 1.99. The highest BCUT2D eigenvalue weighted by atomic mass is 16.5. The number of hydrogen-bond acceptors (Lipinski definition) is 3. The summed E-state index contributed by atoms with van der Waals surface area (Å²) < 4.78 is 5.59. The Morgan fingerprint density at radius 1 is 1.22 bits per heavy atom. The summed E-state index contributed by atoms with van der Waals surface area (Å²) in [6.45, 7) is 4.88. The normalized spacial score (nSPS) is 14.2. The molecule has 2 unspecified atom stereocenters. The quantitative estimate of drug-likeness (QED) is 0.744. The molecule has 0 aliphatic rings. The molecule has 0 heterocycles. The number of ether oxygens (including phenoxy) is 1. The van der Waals surface area contributed by atoms with Crippen LogP contribution in [0.5, 0.6) is 5.75 Å². The molecule has 3 nitrogen and oxygen atoms in total. The number of nitrogens with one attached hydrogen (secondary N) is 1. The second-order valence-electron chi connectivity index (χ2n) is 4.97. The largest absolute Gasteiger partial charge is 0.493 e. The van der Waals surface area contributed by atoms with Gasteiger partial charge in [0.25, 0.3) is 0 Å². The summed E-state index contributed by atoms with van der Waals surface area (Å²) >= 11 is 0. The van der Waals surface area contributed by atoms with Crippen molar-refractivity contribution in [2.75, 3.05) is 20.3 Å². The lowest BCUT2D eigenvalue weighted by atomic mass is 10.1. The Morgan fingerprint density at radius 2 is 1.89 bits per heavy atom. The van der Waals surface area contributed by atoms with Crippen molar-refractivity contribution in [2.45, 2.75) is 32.7 Å². The van der Waals surface area contributed by atoms with Crippen molar-refractivity contribution in [1.29, 1.82) is 0 Å². The van der Waals surface area contributed by atoms with Crippen molar-refractivity contribution in [1.82, 2.24) is 5.32 Å². The number of aliphatic hydroxyl groups excluding tert-OH is 1. The van der Waals surface area contributed by atoms with Gasteiger partial charge in [0.15, 0.2) is 0 Å². The highest BCUT2D eigenvalue weighted by Gasteiger charge is 2.02. The van der Waals surface area contributed by atoms with Crippen molar-refractivity contribution in [3.63, 3.8) is 0 Å². The van der Waals surface area contributed by atoms with Gasteiger partial charge < -0.3 is 15.2 Å². The van der Waals surface area contributed by atoms with E-state index in [2.05, 4.69) is 24.4 Å². The Morgan fingerprint density at radius 3 is 2.44 bits per heavy atom. The average molecular weight is 251 g/mol. The maximum Gasteiger partial charge on any atom is 0.119 e. The Hall–Kier alpha value is -1.06. The molecule has 1 aromatic rings. The third-order valence-electron chi connectivity index (χ3n) is 3.13. The molecule has 1 rings (SSSR count). The van der Waals surface area contributed by atoms with Crippen molar-refractivity contribution in [3.8, 4) is 5.75 Å². The number of benzene rings is 1. The number of hydrogen-bond donors (Lipinski definition) is 2. The molecule has 0 saturated heterocycles. The Kier molecular flexibility index (Phi) is 6.76. The van der Waals surface area contributed by atoms with Gasteiger partial charge in [0.05, 0.1) is 6.61 Å². The third-order valence-corrected chi connectivity index (χ3v) is 3.13. The fraction of sp³-hybridized carbons (Fsp3) is 0.600. The van der Waals surface area contributed by atoms with Crippen LogP contribution in [0.4, 0.5) is 0 Å². The van der Waals surface area contributed by atoms with E-state index in [0.29, 0.717) is 12.6 Å². The lowest BCUT2D eigenvalue weighted by Crippen LogP contribution is -2.21. The smallest absolute Gasteiger partial charge is 0.119 e. The monoisotopic (exact) mass is 251 g/mol. The van der Waals surface area contributed by atoms with Crippen LogP contribution >= 0.6 is 0 Å². The zero-order valence-corrected chi connectivity index (χ0v) is 11.6. The molecule has 2 N–H and O–H groups in total. The molecule has 0 aliphatic carbocycles.